The van der Waals surface area contributed by atoms with Crippen molar-refractivity contribution in [3.8, 4) is 22.4 Å². The van der Waals surface area contributed by atoms with Gasteiger partial charge in [0.05, 0.1) is 16.3 Å². The van der Waals surface area contributed by atoms with Gasteiger partial charge >= 0.3 is 5.97 Å². The first-order chi connectivity index (χ1) is 20.1. The number of nitrogens with zero attached hydrogens (tertiary/aromatic N) is 2. The minimum atomic E-state index is -2.89. The van der Waals surface area contributed by atoms with Crippen LogP contribution >= 0.6 is 23.2 Å². The van der Waals surface area contributed by atoms with E-state index in [-0.39, 0.29) is 11.1 Å². The van der Waals surface area contributed by atoms with Crippen molar-refractivity contribution in [3.63, 3.8) is 0 Å². The van der Waals surface area contributed by atoms with Gasteiger partial charge < -0.3 is 9.67 Å². The second-order valence-corrected chi connectivity index (χ2v) is 11.2. The molecule has 0 atom stereocenters. The fraction of sp³-hybridized carbons (Fsp3) is 0.176. The summed E-state index contributed by atoms with van der Waals surface area (Å²) < 4.78 is 29.6. The van der Waals surface area contributed by atoms with E-state index in [0.717, 1.165) is 59.1 Å². The third-order valence-electron chi connectivity index (χ3n) is 7.14. The predicted molar refractivity (Wildman–Crippen MR) is 164 cm³/mol. The Kier molecular flexibility index (Phi) is 8.76. The van der Waals surface area contributed by atoms with Crippen LogP contribution in [0.5, 0.6) is 0 Å². The number of aromatic nitrogens is 2. The van der Waals surface area contributed by atoms with Crippen molar-refractivity contribution in [2.24, 2.45) is 0 Å². The van der Waals surface area contributed by atoms with E-state index in [1.54, 1.807) is 42.5 Å². The Morgan fingerprint density at radius 3 is 2.26 bits per heavy atom. The Morgan fingerprint density at radius 2 is 1.60 bits per heavy atom. The summed E-state index contributed by atoms with van der Waals surface area (Å²) in [5, 5.41) is 10.3. The van der Waals surface area contributed by atoms with Crippen LogP contribution < -0.4 is 0 Å². The highest BCUT2D eigenvalue weighted by Gasteiger charge is 2.24. The second kappa shape index (κ2) is 12.5. The van der Waals surface area contributed by atoms with E-state index in [2.05, 4.69) is 4.57 Å². The molecule has 0 saturated carbocycles. The zero-order valence-corrected chi connectivity index (χ0v) is 24.3. The van der Waals surface area contributed by atoms with E-state index in [1.165, 1.54) is 12.1 Å². The lowest BCUT2D eigenvalue weighted by Gasteiger charge is -2.12. The van der Waals surface area contributed by atoms with Crippen LogP contribution in [-0.2, 0) is 25.3 Å². The highest BCUT2D eigenvalue weighted by molar-refractivity contribution is 6.36. The molecule has 0 unspecified atom stereocenters. The molecule has 8 heteroatoms. The van der Waals surface area contributed by atoms with Crippen LogP contribution in [0.25, 0.3) is 22.4 Å². The molecule has 5 aromatic rings. The lowest BCUT2D eigenvalue weighted by atomic mass is 9.98. The van der Waals surface area contributed by atoms with Crippen LogP contribution in [0, 0.1) is 0 Å². The van der Waals surface area contributed by atoms with Gasteiger partial charge in [0, 0.05) is 42.2 Å². The normalized spacial score (nSPS) is 11.5. The molecule has 0 aliphatic carbocycles. The maximum absolute atomic E-state index is 13.8. The van der Waals surface area contributed by atoms with E-state index in [4.69, 9.17) is 28.2 Å². The topological polar surface area (TPSA) is 55.1 Å². The maximum Gasteiger partial charge on any atom is 0.335 e. The summed E-state index contributed by atoms with van der Waals surface area (Å²) in [4.78, 5) is 16.2. The van der Waals surface area contributed by atoms with Crippen LogP contribution in [0.15, 0.2) is 97.2 Å². The number of aryl methyl sites for hydroxylation is 2. The number of imidazole rings is 1. The lowest BCUT2D eigenvalue weighted by molar-refractivity contribution is 0.0175. The van der Waals surface area contributed by atoms with Gasteiger partial charge in [-0.3, -0.25) is 0 Å². The molecule has 214 valence electrons. The minimum absolute atomic E-state index is 0.00309. The van der Waals surface area contributed by atoms with Gasteiger partial charge in [0.1, 0.15) is 5.82 Å². The summed E-state index contributed by atoms with van der Waals surface area (Å²) in [5.74, 6) is -2.97. The number of aromatic carboxylic acids is 1. The van der Waals surface area contributed by atoms with Gasteiger partial charge in [-0.25, -0.2) is 18.6 Å². The van der Waals surface area contributed by atoms with Gasteiger partial charge in [-0.1, -0.05) is 77.8 Å². The molecule has 0 radical (unpaired) electrons. The summed E-state index contributed by atoms with van der Waals surface area (Å²) in [6.45, 7) is 1.43. The first-order valence-electron chi connectivity index (χ1n) is 13.5. The third kappa shape index (κ3) is 7.07. The van der Waals surface area contributed by atoms with Gasteiger partial charge in [-0.05, 0) is 71.5 Å². The van der Waals surface area contributed by atoms with Crippen LogP contribution in [-0.4, -0.2) is 20.6 Å². The summed E-state index contributed by atoms with van der Waals surface area (Å²) in [5.41, 5.74) is 5.48. The molecular weight excluding hydrogens is 577 g/mol. The number of hydrogen-bond donors (Lipinski definition) is 1. The number of halogens is 4. The molecular formula is C34H28Cl2F2N2O2. The molecule has 0 amide bonds. The predicted octanol–water partition coefficient (Wildman–Crippen LogP) is 9.56. The number of carboxylic acid groups (broad SMARTS) is 1. The van der Waals surface area contributed by atoms with Crippen molar-refractivity contribution in [3.05, 3.63) is 135 Å². The van der Waals surface area contributed by atoms with Gasteiger partial charge in [0.15, 0.2) is 0 Å². The average Bonchev–Trinajstić information content (AvgIpc) is 3.35. The third-order valence-corrected chi connectivity index (χ3v) is 7.69. The molecule has 1 heterocycles. The number of benzene rings is 4. The molecule has 0 aliphatic heterocycles. The molecule has 0 spiro atoms. The average molecular weight is 606 g/mol. The summed E-state index contributed by atoms with van der Waals surface area (Å²) >= 11 is 12.6. The van der Waals surface area contributed by atoms with Crippen molar-refractivity contribution in [1.29, 1.82) is 0 Å². The summed E-state index contributed by atoms with van der Waals surface area (Å²) in [6.07, 6.45) is 4.30. The van der Waals surface area contributed by atoms with E-state index in [0.29, 0.717) is 23.0 Å². The van der Waals surface area contributed by atoms with Crippen LogP contribution in [0.2, 0.25) is 10.0 Å². The molecule has 4 nitrogen and oxygen atoms in total. The number of carbonyl (C=O) groups is 1. The Bertz CT molecular complexity index is 1710. The van der Waals surface area contributed by atoms with E-state index in [1.807, 2.05) is 42.6 Å². The van der Waals surface area contributed by atoms with Crippen LogP contribution in [0.3, 0.4) is 0 Å². The molecule has 0 saturated heterocycles. The largest absolute Gasteiger partial charge is 0.478 e. The number of alkyl halides is 2. The first-order valence-corrected chi connectivity index (χ1v) is 14.2. The molecule has 0 aliphatic rings. The number of carboxylic acids is 1. The van der Waals surface area contributed by atoms with Crippen LogP contribution in [0.1, 0.15) is 46.2 Å². The molecule has 1 N–H and O–H groups in total. The first kappa shape index (κ1) is 29.5. The molecule has 0 bridgehead atoms. The van der Waals surface area contributed by atoms with Gasteiger partial charge in [0.2, 0.25) is 0 Å². The zero-order valence-electron chi connectivity index (χ0n) is 22.8. The summed E-state index contributed by atoms with van der Waals surface area (Å²) in [7, 11) is 0. The monoisotopic (exact) mass is 604 g/mol. The van der Waals surface area contributed by atoms with Crippen molar-refractivity contribution >= 4 is 29.2 Å². The molecule has 4 aromatic carbocycles. The number of hydrogen-bond acceptors (Lipinski definition) is 2. The van der Waals surface area contributed by atoms with Crippen molar-refractivity contribution in [1.82, 2.24) is 9.55 Å². The van der Waals surface area contributed by atoms with E-state index < -0.39 is 11.9 Å². The van der Waals surface area contributed by atoms with Crippen molar-refractivity contribution in [2.75, 3.05) is 0 Å². The van der Waals surface area contributed by atoms with E-state index >= 15 is 0 Å². The standard InChI is InChI=1S/C34H28Cl2F2N2O2/c1-34(37,38)27-6-3-5-26(18-27)24-12-8-22(9-13-24)4-2-7-32-39-31(29-17-16-28(35)19-30(29)36)21-40(32)20-23-10-14-25(15-11-23)33(41)42/h3,5-6,8-19,21H,2,4,7,20H2,1H3,(H,41,42). The van der Waals surface area contributed by atoms with Gasteiger partial charge in [0.25, 0.3) is 5.92 Å². The highest BCUT2D eigenvalue weighted by atomic mass is 35.5. The van der Waals surface area contributed by atoms with Gasteiger partial charge in [-0.15, -0.1) is 0 Å². The molecule has 5 rings (SSSR count). The Labute approximate surface area is 253 Å². The molecule has 1 aromatic heterocycles. The Hall–Kier alpha value is -4.00. The lowest BCUT2D eigenvalue weighted by Crippen LogP contribution is -2.06. The smallest absolute Gasteiger partial charge is 0.335 e. The zero-order chi connectivity index (χ0) is 29.9. The minimum Gasteiger partial charge on any atom is -0.478 e. The Balaban J connectivity index is 1.32. The highest BCUT2D eigenvalue weighted by Crippen LogP contribution is 2.32. The van der Waals surface area contributed by atoms with Crippen molar-refractivity contribution in [2.45, 2.75) is 38.7 Å². The quantitative estimate of drug-likeness (QED) is 0.173. The fourth-order valence-corrected chi connectivity index (χ4v) is 5.36. The van der Waals surface area contributed by atoms with Gasteiger partial charge in [-0.2, -0.15) is 0 Å². The Morgan fingerprint density at radius 1 is 0.881 bits per heavy atom. The second-order valence-electron chi connectivity index (χ2n) is 10.3. The fourth-order valence-electron chi connectivity index (χ4n) is 4.85. The van der Waals surface area contributed by atoms with Crippen molar-refractivity contribution < 1.29 is 18.7 Å². The van der Waals surface area contributed by atoms with Crippen LogP contribution in [0.4, 0.5) is 8.78 Å². The number of rotatable bonds is 10. The maximum atomic E-state index is 13.8. The summed E-state index contributed by atoms with van der Waals surface area (Å²) in [6, 6.07) is 26.6. The SMILES string of the molecule is CC(F)(F)c1cccc(-c2ccc(CCCc3nc(-c4ccc(Cl)cc4Cl)cn3Cc3ccc(C(=O)O)cc3)cc2)c1. The molecule has 0 fully saturated rings. The van der Waals surface area contributed by atoms with E-state index in [9.17, 15) is 18.7 Å². The molecule has 42 heavy (non-hydrogen) atoms.